The van der Waals surface area contributed by atoms with Crippen LogP contribution in [-0.2, 0) is 53.4 Å². The van der Waals surface area contributed by atoms with Crippen molar-refractivity contribution < 1.29 is 41.9 Å². The minimum Gasteiger partial charge on any atom is -0.449 e. The Bertz CT molecular complexity index is 1750. The summed E-state index contributed by atoms with van der Waals surface area (Å²) in [4.78, 5) is 72.5. The zero-order valence-electron chi connectivity index (χ0n) is 31.8. The first kappa shape index (κ1) is 38.8. The molecule has 14 nitrogen and oxygen atoms in total. The van der Waals surface area contributed by atoms with Crippen molar-refractivity contribution >= 4 is 39.9 Å². The summed E-state index contributed by atoms with van der Waals surface area (Å²) in [6.07, 6.45) is 2.76. The van der Waals surface area contributed by atoms with Gasteiger partial charge in [0.15, 0.2) is 0 Å². The van der Waals surface area contributed by atoms with Gasteiger partial charge in [-0.2, -0.15) is 0 Å². The lowest BCUT2D eigenvalue weighted by atomic mass is 9.85. The molecule has 0 aromatic heterocycles. The fraction of sp³-hybridized carbons (Fsp3) is 0.711. The number of aryl methyl sites for hydroxylation is 1. The molecule has 0 spiro atoms. The molecule has 3 fully saturated rings. The van der Waals surface area contributed by atoms with Crippen LogP contribution in [-0.4, -0.2) is 90.3 Å². The van der Waals surface area contributed by atoms with Gasteiger partial charge in [0.1, 0.15) is 23.7 Å². The number of ether oxygens (including phenoxy) is 2. The Hall–Kier alpha value is -3.88. The lowest BCUT2D eigenvalue weighted by molar-refractivity contribution is -0.145. The molecule has 5 amide bonds. The Kier molecular flexibility index (Phi) is 10.6. The van der Waals surface area contributed by atoms with Gasteiger partial charge in [-0.05, 0) is 72.0 Å². The summed E-state index contributed by atoms with van der Waals surface area (Å²) in [5.74, 6) is -2.46. The molecule has 15 heteroatoms. The molecule has 53 heavy (non-hydrogen) atoms. The van der Waals surface area contributed by atoms with E-state index in [9.17, 15) is 32.4 Å². The number of benzene rings is 1. The Morgan fingerprint density at radius 3 is 2.42 bits per heavy atom. The van der Waals surface area contributed by atoms with E-state index in [1.165, 1.54) is 4.90 Å². The van der Waals surface area contributed by atoms with Crippen LogP contribution in [0.15, 0.2) is 18.2 Å². The van der Waals surface area contributed by atoms with E-state index >= 15 is 0 Å². The summed E-state index contributed by atoms with van der Waals surface area (Å²) in [5.41, 5.74) is 0.629. The van der Waals surface area contributed by atoms with Gasteiger partial charge in [-0.25, -0.2) is 18.0 Å². The van der Waals surface area contributed by atoms with Gasteiger partial charge in [-0.15, -0.1) is 0 Å². The van der Waals surface area contributed by atoms with Gasteiger partial charge in [0, 0.05) is 26.1 Å². The molecule has 2 saturated carbocycles. The van der Waals surface area contributed by atoms with Crippen LogP contribution in [0.1, 0.15) is 110 Å². The lowest BCUT2D eigenvalue weighted by Crippen LogP contribution is -2.62. The van der Waals surface area contributed by atoms with Gasteiger partial charge >= 0.3 is 12.2 Å². The monoisotopic (exact) mass is 757 g/mol. The molecular formula is C38H55N5O9S. The van der Waals surface area contributed by atoms with Gasteiger partial charge in [-0.1, -0.05) is 72.6 Å². The van der Waals surface area contributed by atoms with Crippen molar-refractivity contribution in [1.29, 1.82) is 0 Å². The Morgan fingerprint density at radius 1 is 1.04 bits per heavy atom. The number of sulfonamides is 1. The second-order valence-electron chi connectivity index (χ2n) is 17.4. The molecule has 6 rings (SSSR count). The summed E-state index contributed by atoms with van der Waals surface area (Å²) >= 11 is 0. The second kappa shape index (κ2) is 14.4. The molecule has 3 aliphatic heterocycles. The Balaban J connectivity index is 1.31. The third kappa shape index (κ3) is 8.29. The van der Waals surface area contributed by atoms with Crippen LogP contribution in [0.4, 0.5) is 9.59 Å². The van der Waals surface area contributed by atoms with Crippen molar-refractivity contribution in [3.8, 4) is 0 Å². The van der Waals surface area contributed by atoms with Crippen LogP contribution < -0.4 is 15.4 Å². The molecular weight excluding hydrogens is 703 g/mol. The molecule has 4 bridgehead atoms. The molecule has 2 aliphatic carbocycles. The number of carbonyl (C=O) groups is 5. The second-order valence-corrected chi connectivity index (χ2v) is 19.4. The van der Waals surface area contributed by atoms with E-state index in [0.717, 1.165) is 42.4 Å². The highest BCUT2D eigenvalue weighted by Gasteiger charge is 2.62. The van der Waals surface area contributed by atoms with E-state index in [-0.39, 0.29) is 37.3 Å². The van der Waals surface area contributed by atoms with Crippen molar-refractivity contribution in [3.63, 3.8) is 0 Å². The van der Waals surface area contributed by atoms with Crippen LogP contribution in [0.5, 0.6) is 0 Å². The first-order chi connectivity index (χ1) is 24.8. The highest BCUT2D eigenvalue weighted by Crippen LogP contribution is 2.47. The fourth-order valence-electron chi connectivity index (χ4n) is 8.02. The van der Waals surface area contributed by atoms with Crippen molar-refractivity contribution in [2.24, 2.45) is 16.7 Å². The summed E-state index contributed by atoms with van der Waals surface area (Å²) in [6, 6.07) is 3.59. The summed E-state index contributed by atoms with van der Waals surface area (Å²) < 4.78 is 39.4. The van der Waals surface area contributed by atoms with E-state index in [2.05, 4.69) is 21.4 Å². The average Bonchev–Trinajstić information content (AvgIpc) is 3.97. The first-order valence-corrected chi connectivity index (χ1v) is 20.6. The highest BCUT2D eigenvalue weighted by atomic mass is 32.2. The Labute approximate surface area is 312 Å². The fourth-order valence-corrected chi connectivity index (χ4v) is 9.38. The van der Waals surface area contributed by atoms with Crippen molar-refractivity contribution in [1.82, 2.24) is 25.2 Å². The SMILES string of the molecule is CC[C@H]1C[C@]1(NC(=O)[C@@H]1[C@@H]2CCN1C(=O)[C@H](C(C)(C)C)NC(=O)OCC(C)(C)CCCCc1cccc3c1CN(C3)C(=O)O2)C(=O)NS(=O)(=O)C1CC1. The number of nitrogens with zero attached hydrogens (tertiary/aromatic N) is 2. The Morgan fingerprint density at radius 2 is 1.75 bits per heavy atom. The molecule has 1 saturated heterocycles. The number of rotatable bonds is 6. The average molecular weight is 758 g/mol. The minimum absolute atomic E-state index is 0.0298. The maximum atomic E-state index is 14.5. The summed E-state index contributed by atoms with van der Waals surface area (Å²) in [7, 11) is -3.90. The third-order valence-electron chi connectivity index (χ3n) is 11.6. The van der Waals surface area contributed by atoms with Crippen LogP contribution in [0.2, 0.25) is 0 Å². The molecule has 5 atom stereocenters. The number of hydrogen-bond acceptors (Lipinski definition) is 9. The molecule has 0 radical (unpaired) electrons. The molecule has 1 aromatic carbocycles. The predicted octanol–water partition coefficient (Wildman–Crippen LogP) is 3.90. The molecule has 292 valence electrons. The highest BCUT2D eigenvalue weighted by molar-refractivity contribution is 7.91. The van der Waals surface area contributed by atoms with E-state index in [1.807, 2.05) is 32.9 Å². The zero-order valence-corrected chi connectivity index (χ0v) is 32.6. The van der Waals surface area contributed by atoms with Crippen molar-refractivity contribution in [3.05, 3.63) is 34.9 Å². The number of hydrogen-bond donors (Lipinski definition) is 3. The van der Waals surface area contributed by atoms with E-state index < -0.39 is 74.3 Å². The zero-order chi connectivity index (χ0) is 38.5. The molecule has 0 unspecified atom stereocenters. The van der Waals surface area contributed by atoms with Gasteiger partial charge in [0.05, 0.1) is 11.9 Å². The summed E-state index contributed by atoms with van der Waals surface area (Å²) in [6.45, 7) is 12.1. The number of alkyl carbamates (subject to hydrolysis) is 1. The maximum absolute atomic E-state index is 14.5. The number of cyclic esters (lactones) is 1. The van der Waals surface area contributed by atoms with Gasteiger partial charge < -0.3 is 25.0 Å². The first-order valence-electron chi connectivity index (χ1n) is 19.0. The van der Waals surface area contributed by atoms with Gasteiger partial charge in [-0.3, -0.25) is 24.0 Å². The predicted molar refractivity (Wildman–Crippen MR) is 194 cm³/mol. The van der Waals surface area contributed by atoms with Crippen LogP contribution in [0.3, 0.4) is 0 Å². The van der Waals surface area contributed by atoms with E-state index in [0.29, 0.717) is 32.4 Å². The van der Waals surface area contributed by atoms with Crippen LogP contribution in [0, 0.1) is 16.7 Å². The molecule has 5 aliphatic rings. The molecule has 3 heterocycles. The topological polar surface area (TPSA) is 181 Å². The van der Waals surface area contributed by atoms with Crippen LogP contribution in [0.25, 0.3) is 0 Å². The lowest BCUT2D eigenvalue weighted by Gasteiger charge is -2.36. The molecule has 3 N–H and O–H groups in total. The van der Waals surface area contributed by atoms with Gasteiger partial charge in [0.2, 0.25) is 21.8 Å². The standard InChI is InChI=1S/C38H55N5O9S/c1-7-25-19-38(25,33(46)41-53(49,50)26-14-15-26)40-31(44)29-28-16-18-43(29)32(45)30(36(2,3)4)39-34(47)51-22-37(5,6)17-9-8-11-23-12-10-13-24-20-42(21-27(23)24)35(48)52-28/h10,12-13,25-26,28-30H,7-9,11,14-22H2,1-6H3,(H,39,47)(H,40,44)(H,41,46)/t25-,28-,29-,30+,38+/m0/s1. The number of nitrogens with one attached hydrogen (secondary N) is 3. The quantitative estimate of drug-likeness (QED) is 0.388. The maximum Gasteiger partial charge on any atom is 0.410 e. The number of fused-ring (bicyclic) bond motifs is 3. The largest absolute Gasteiger partial charge is 0.449 e. The van der Waals surface area contributed by atoms with Crippen LogP contribution >= 0.6 is 0 Å². The number of carbonyl (C=O) groups excluding carboxylic acids is 5. The van der Waals surface area contributed by atoms with Gasteiger partial charge in [0.25, 0.3) is 5.91 Å². The van der Waals surface area contributed by atoms with Crippen molar-refractivity contribution in [2.45, 2.75) is 141 Å². The third-order valence-corrected chi connectivity index (χ3v) is 13.4. The van der Waals surface area contributed by atoms with Crippen molar-refractivity contribution in [2.75, 3.05) is 13.2 Å². The van der Waals surface area contributed by atoms with E-state index in [4.69, 9.17) is 9.47 Å². The normalized spacial score (nSPS) is 29.4. The molecule has 1 aromatic rings. The smallest absolute Gasteiger partial charge is 0.410 e. The minimum atomic E-state index is -3.90. The number of amides is 5. The van der Waals surface area contributed by atoms with E-state index in [1.54, 1.807) is 25.7 Å². The summed E-state index contributed by atoms with van der Waals surface area (Å²) in [5, 5.41) is 4.93.